The van der Waals surface area contributed by atoms with E-state index in [9.17, 15) is 32.3 Å². The summed E-state index contributed by atoms with van der Waals surface area (Å²) in [6.07, 6.45) is 8.34. The second-order valence-corrected chi connectivity index (χ2v) is 13.9. The van der Waals surface area contributed by atoms with E-state index in [4.69, 9.17) is 18.5 Å². The largest absolute Gasteiger partial charge is 0.403 e. The molecule has 0 unspecified atom stereocenters. The van der Waals surface area contributed by atoms with E-state index in [-0.39, 0.29) is 52.8 Å². The summed E-state index contributed by atoms with van der Waals surface area (Å²) in [5, 5.41) is 8.37. The van der Waals surface area contributed by atoms with E-state index >= 15 is 0 Å². The lowest BCUT2D eigenvalue weighted by atomic mass is 9.85. The number of oxime groups is 2. The molecule has 7 rings (SSSR count). The van der Waals surface area contributed by atoms with Gasteiger partial charge in [-0.2, -0.15) is 23.1 Å². The van der Waals surface area contributed by atoms with Crippen LogP contribution < -0.4 is 32.0 Å². The van der Waals surface area contributed by atoms with Gasteiger partial charge < -0.3 is 18.5 Å². The zero-order valence-electron chi connectivity index (χ0n) is 29.4. The molecule has 3 fully saturated rings. The Balaban J connectivity index is 0.000000185. The van der Waals surface area contributed by atoms with Crippen LogP contribution in [0.5, 0.6) is 12.0 Å². The summed E-state index contributed by atoms with van der Waals surface area (Å²) in [6.45, 7) is 2.05. The highest BCUT2D eigenvalue weighted by Crippen LogP contribution is 2.55. The molecule has 0 atom stereocenters. The number of rotatable bonds is 10. The molecule has 0 amide bonds. The van der Waals surface area contributed by atoms with E-state index in [1.165, 1.54) is 25.3 Å². The van der Waals surface area contributed by atoms with Gasteiger partial charge in [-0.05, 0) is 106 Å². The molecule has 3 aliphatic carbocycles. The second-order valence-electron chi connectivity index (χ2n) is 13.9. The molecule has 2 N–H and O–H groups in total. The van der Waals surface area contributed by atoms with Gasteiger partial charge >= 0.3 is 29.4 Å². The molecule has 4 aromatic rings. The number of nitrogens with zero attached hydrogens (tertiary/aromatic N) is 4. The molecule has 3 saturated carbocycles. The van der Waals surface area contributed by atoms with Crippen molar-refractivity contribution in [2.45, 2.75) is 122 Å². The molecule has 53 heavy (non-hydrogen) atoms. The van der Waals surface area contributed by atoms with Crippen molar-refractivity contribution in [3.05, 3.63) is 64.8 Å². The molecule has 4 heterocycles. The number of hydrogen-bond donors (Lipinski definition) is 2. The van der Waals surface area contributed by atoms with E-state index in [0.717, 1.165) is 81.7 Å². The van der Waals surface area contributed by atoms with Crippen molar-refractivity contribution in [3.63, 3.8) is 0 Å². The number of H-pyrrole nitrogens is 2. The first-order valence-corrected chi connectivity index (χ1v) is 18.1. The number of alkyl halides is 3. The zero-order chi connectivity index (χ0) is 37.6. The summed E-state index contributed by atoms with van der Waals surface area (Å²) in [5.74, 6) is 0. The Morgan fingerprint density at radius 2 is 1.23 bits per heavy atom. The highest BCUT2D eigenvalue weighted by molar-refractivity contribution is 5.85. The zero-order valence-corrected chi connectivity index (χ0v) is 29.4. The third kappa shape index (κ3) is 10.1. The maximum absolute atomic E-state index is 12.4. The highest BCUT2D eigenvalue weighted by Gasteiger charge is 2.44. The van der Waals surface area contributed by atoms with E-state index in [1.807, 2.05) is 6.92 Å². The average molecular weight is 743 g/mol. The molecule has 0 radical (unpaired) electrons. The van der Waals surface area contributed by atoms with Crippen molar-refractivity contribution < 1.29 is 31.7 Å². The summed E-state index contributed by atoms with van der Waals surface area (Å²) in [5.41, 5.74) is 0.528. The van der Waals surface area contributed by atoms with Crippen LogP contribution in [0, 0.1) is 5.41 Å². The van der Waals surface area contributed by atoms with Crippen LogP contribution in [-0.2, 0) is 12.8 Å². The summed E-state index contributed by atoms with van der Waals surface area (Å²) < 4.78 is 47.2. The van der Waals surface area contributed by atoms with Crippen molar-refractivity contribution in [2.24, 2.45) is 15.7 Å². The fourth-order valence-corrected chi connectivity index (χ4v) is 6.69. The summed E-state index contributed by atoms with van der Waals surface area (Å²) in [7, 11) is 0. The monoisotopic (exact) mass is 742 g/mol. The lowest BCUT2D eigenvalue weighted by molar-refractivity contribution is -0.135. The van der Waals surface area contributed by atoms with Gasteiger partial charge in [-0.25, -0.2) is 9.59 Å². The maximum Gasteiger partial charge on any atom is 0.389 e. The number of unbranched alkanes of at least 4 members (excludes halogenated alkanes) is 1. The van der Waals surface area contributed by atoms with Crippen LogP contribution in [0.2, 0.25) is 0 Å². The predicted molar refractivity (Wildman–Crippen MR) is 189 cm³/mol. The minimum atomic E-state index is -4.31. The van der Waals surface area contributed by atoms with Gasteiger partial charge in [0.15, 0.2) is 0 Å². The molecule has 1 spiro atoms. The normalized spacial score (nSPS) is 16.7. The molecule has 0 saturated heterocycles. The molecule has 14 nitrogen and oxygen atoms in total. The van der Waals surface area contributed by atoms with Crippen LogP contribution in [-0.4, -0.2) is 37.5 Å². The van der Waals surface area contributed by atoms with Gasteiger partial charge in [0.1, 0.15) is 10.8 Å². The maximum atomic E-state index is 12.4. The van der Waals surface area contributed by atoms with Gasteiger partial charge in [0.25, 0.3) is 11.1 Å². The van der Waals surface area contributed by atoms with Gasteiger partial charge in [0.2, 0.25) is 11.4 Å². The van der Waals surface area contributed by atoms with E-state index in [0.29, 0.717) is 22.8 Å². The number of hydrogen-bond acceptors (Lipinski definition) is 12. The number of aromatic amines is 2. The topological polar surface area (TPSA) is 195 Å². The Morgan fingerprint density at radius 1 is 0.736 bits per heavy atom. The van der Waals surface area contributed by atoms with E-state index < -0.39 is 29.4 Å². The van der Waals surface area contributed by atoms with Crippen LogP contribution in [0.15, 0.2) is 50.5 Å². The second kappa shape index (κ2) is 16.3. The lowest BCUT2D eigenvalue weighted by Gasteiger charge is -2.21. The molecular weight excluding hydrogens is 701 g/mol. The summed E-state index contributed by atoms with van der Waals surface area (Å²) in [6, 6.07) is 2.10. The standard InChI is InChI=1S/C19H20F3N3O4.C17H21N3O4/c20-19(21,22)5-1-2-11-10-13(26)28-16-14(11)15(27)23-17(24-16)29-25-12-3-6-18(7-4-12)8-9-18;1-2-3-7-11-10-13(21)23-16-14(11)15(22)18-17(19-16)24-20-12-8-5-4-6-9-12/h10H,1-9H2,(H,23,24,27);10H,2-9H2,1H3,(H,18,19,22). The van der Waals surface area contributed by atoms with Gasteiger partial charge in [0.05, 0.1) is 11.4 Å². The molecule has 0 aromatic carbocycles. The van der Waals surface area contributed by atoms with Gasteiger partial charge in [0, 0.05) is 18.6 Å². The molecule has 0 aliphatic heterocycles. The van der Waals surface area contributed by atoms with Crippen molar-refractivity contribution in [1.82, 2.24) is 19.9 Å². The number of aryl methyl sites for hydroxylation is 2. The summed E-state index contributed by atoms with van der Waals surface area (Å²) >= 11 is 0. The molecule has 284 valence electrons. The predicted octanol–water partition coefficient (Wildman–Crippen LogP) is 6.77. The number of nitrogens with one attached hydrogen (secondary N) is 2. The fourth-order valence-electron chi connectivity index (χ4n) is 6.69. The minimum Gasteiger partial charge on any atom is -0.403 e. The molecule has 0 bridgehead atoms. The van der Waals surface area contributed by atoms with Crippen molar-refractivity contribution in [1.29, 1.82) is 0 Å². The van der Waals surface area contributed by atoms with Crippen molar-refractivity contribution in [3.8, 4) is 12.0 Å². The average Bonchev–Trinajstić information content (AvgIpc) is 3.87. The molecular formula is C36H41F3N6O8. The first-order chi connectivity index (χ1) is 25.4. The molecule has 17 heteroatoms. The van der Waals surface area contributed by atoms with Crippen molar-refractivity contribution >= 4 is 33.6 Å². The Morgan fingerprint density at radius 3 is 1.70 bits per heavy atom. The Kier molecular flexibility index (Phi) is 11.6. The highest BCUT2D eigenvalue weighted by atomic mass is 19.4. The van der Waals surface area contributed by atoms with E-state index in [1.54, 1.807) is 0 Å². The van der Waals surface area contributed by atoms with Crippen molar-refractivity contribution in [2.75, 3.05) is 0 Å². The summed E-state index contributed by atoms with van der Waals surface area (Å²) in [4.78, 5) is 71.8. The van der Waals surface area contributed by atoms with Crippen LogP contribution in [0.1, 0.15) is 114 Å². The molecule has 4 aromatic heterocycles. The molecule has 3 aliphatic rings. The third-order valence-electron chi connectivity index (χ3n) is 9.85. The van der Waals surface area contributed by atoms with Crippen LogP contribution in [0.25, 0.3) is 22.2 Å². The smallest absolute Gasteiger partial charge is 0.389 e. The van der Waals surface area contributed by atoms with Gasteiger partial charge in [-0.3, -0.25) is 19.6 Å². The number of halogens is 3. The lowest BCUT2D eigenvalue weighted by Crippen LogP contribution is -2.17. The fraction of sp³-hybridized carbons (Fsp3) is 0.556. The van der Waals surface area contributed by atoms with Crippen LogP contribution in [0.3, 0.4) is 0 Å². The first kappa shape index (κ1) is 37.7. The quantitative estimate of drug-likeness (QED) is 0.164. The van der Waals surface area contributed by atoms with Gasteiger partial charge in [-0.15, -0.1) is 0 Å². The Labute approximate surface area is 299 Å². The SMILES string of the molecule is CCCCc1cc(=O)oc2nc(ON=C3CCCCC3)[nH]c(=O)c12.O=c1cc(CCCC(F)(F)F)c2c(=O)[nH]c(ON=C3CCC4(CC3)CC4)nc2o1. The van der Waals surface area contributed by atoms with E-state index in [2.05, 4.69) is 30.2 Å². The Hall–Kier alpha value is -5.09. The van der Waals surface area contributed by atoms with Crippen LogP contribution >= 0.6 is 0 Å². The minimum absolute atomic E-state index is 0.00352. The first-order valence-electron chi connectivity index (χ1n) is 18.1. The van der Waals surface area contributed by atoms with Gasteiger partial charge in [-0.1, -0.05) is 30.1 Å². The third-order valence-corrected chi connectivity index (χ3v) is 9.85. The van der Waals surface area contributed by atoms with Crippen LogP contribution in [0.4, 0.5) is 13.2 Å². The number of aromatic nitrogens is 4. The number of fused-ring (bicyclic) bond motifs is 2. The Bertz CT molecular complexity index is 2230.